The zero-order chi connectivity index (χ0) is 56.3. The summed E-state index contributed by atoms with van der Waals surface area (Å²) in [5, 5.41) is 0. The number of carbonyl (C=O) groups excluding carboxylic acids is 4. The molecule has 6 rings (SSSR count). The third-order valence-corrected chi connectivity index (χ3v) is 14.1. The van der Waals surface area contributed by atoms with Crippen LogP contribution in [0.3, 0.4) is 0 Å². The van der Waals surface area contributed by atoms with Gasteiger partial charge in [0.05, 0.1) is 29.2 Å². The Morgan fingerprint density at radius 2 is 1.04 bits per heavy atom. The van der Waals surface area contributed by atoms with Crippen molar-refractivity contribution in [1.82, 2.24) is 9.97 Å². The summed E-state index contributed by atoms with van der Waals surface area (Å²) >= 11 is 6.46. The lowest BCUT2D eigenvalue weighted by atomic mass is 10.00. The number of hydrogen-bond acceptors (Lipinski definition) is 16. The van der Waals surface area contributed by atoms with Crippen molar-refractivity contribution in [3.63, 3.8) is 0 Å². The minimum absolute atomic E-state index is 0.0395. The first-order valence-corrected chi connectivity index (χ1v) is 29.4. The number of sulfonamides is 1. The molecule has 4 aromatic rings. The van der Waals surface area contributed by atoms with Crippen LogP contribution in [0.15, 0.2) is 91.8 Å². The number of esters is 4. The van der Waals surface area contributed by atoms with E-state index in [1.807, 2.05) is 47.6 Å². The Morgan fingerprint density at radius 1 is 0.613 bits per heavy atom. The van der Waals surface area contributed by atoms with E-state index in [-0.39, 0.29) is 71.6 Å². The van der Waals surface area contributed by atoms with Gasteiger partial charge in [-0.2, -0.15) is 0 Å². The number of ether oxygens (including phenoxy) is 6. The fraction of sp³-hybridized carbons (Fsp3) is 0.509. The van der Waals surface area contributed by atoms with E-state index in [0.29, 0.717) is 33.2 Å². The summed E-state index contributed by atoms with van der Waals surface area (Å²) in [5.41, 5.74) is 0.265. The molecule has 0 unspecified atom stereocenters. The average molecular weight is 1230 g/mol. The van der Waals surface area contributed by atoms with E-state index in [1.165, 1.54) is 34.8 Å². The topological polar surface area (TPSA) is 221 Å². The van der Waals surface area contributed by atoms with E-state index in [0.717, 1.165) is 24.0 Å². The number of fused-ring (bicyclic) bond motifs is 2. The van der Waals surface area contributed by atoms with Crippen molar-refractivity contribution in [3.05, 3.63) is 98.7 Å². The normalized spacial score (nSPS) is 15.6. The molecule has 0 N–H and O–H groups in total. The second kappa shape index (κ2) is 26.0. The summed E-state index contributed by atoms with van der Waals surface area (Å²) in [4.78, 5) is 57.3. The smallest absolute Gasteiger partial charge is 0.310 e. The van der Waals surface area contributed by atoms with Gasteiger partial charge < -0.3 is 28.4 Å². The van der Waals surface area contributed by atoms with Crippen LogP contribution >= 0.6 is 42.5 Å². The summed E-state index contributed by atoms with van der Waals surface area (Å²) < 4.78 is 84.8. The fourth-order valence-electron chi connectivity index (χ4n) is 7.17. The Labute approximate surface area is 462 Å². The van der Waals surface area contributed by atoms with Crippen molar-refractivity contribution in [2.45, 2.75) is 179 Å². The van der Waals surface area contributed by atoms with E-state index in [2.05, 4.69) is 41.8 Å². The van der Waals surface area contributed by atoms with E-state index in [9.17, 15) is 36.0 Å². The molecular formula is C53H68Br2ClN3O14S2. The van der Waals surface area contributed by atoms with Gasteiger partial charge in [0.1, 0.15) is 40.3 Å². The van der Waals surface area contributed by atoms with Crippen molar-refractivity contribution in [2.75, 3.05) is 10.8 Å². The van der Waals surface area contributed by atoms with Crippen LogP contribution in [0.25, 0.3) is 0 Å². The molecule has 17 nitrogen and oxygen atoms in total. The number of hydrogen-bond donors (Lipinski definition) is 0. The second-order valence-corrected chi connectivity index (χ2v) is 27.9. The van der Waals surface area contributed by atoms with Gasteiger partial charge >= 0.3 is 23.9 Å². The summed E-state index contributed by atoms with van der Waals surface area (Å²) in [6, 6.07) is 16.1. The minimum atomic E-state index is -4.02. The molecule has 0 spiro atoms. The lowest BCUT2D eigenvalue weighted by Gasteiger charge is -2.35. The molecule has 2 aromatic carbocycles. The van der Waals surface area contributed by atoms with Crippen molar-refractivity contribution in [2.24, 2.45) is 0 Å². The highest BCUT2D eigenvalue weighted by molar-refractivity contribution is 9.10. The van der Waals surface area contributed by atoms with E-state index >= 15 is 0 Å². The number of benzene rings is 2. The quantitative estimate of drug-likeness (QED) is 0.0690. The Hall–Kier alpha value is -4.83. The molecule has 0 fully saturated rings. The van der Waals surface area contributed by atoms with Crippen LogP contribution in [0.2, 0.25) is 0 Å². The first kappa shape index (κ1) is 62.7. The van der Waals surface area contributed by atoms with Crippen molar-refractivity contribution >= 4 is 91.2 Å². The Kier molecular flexibility index (Phi) is 21.7. The van der Waals surface area contributed by atoms with Gasteiger partial charge in [-0.05, 0) is 168 Å². The molecule has 412 valence electrons. The number of rotatable bonds is 13. The van der Waals surface area contributed by atoms with Gasteiger partial charge in [0.25, 0.3) is 19.1 Å². The molecule has 0 radical (unpaired) electrons. The molecule has 0 bridgehead atoms. The summed E-state index contributed by atoms with van der Waals surface area (Å²) in [6.07, 6.45) is 5.39. The van der Waals surface area contributed by atoms with Crippen LogP contribution in [-0.2, 0) is 76.5 Å². The summed E-state index contributed by atoms with van der Waals surface area (Å²) in [7, 11) is -2.52. The molecule has 2 aliphatic heterocycles. The van der Waals surface area contributed by atoms with Gasteiger partial charge in [0.2, 0.25) is 11.8 Å². The van der Waals surface area contributed by atoms with Crippen LogP contribution in [0, 0.1) is 0 Å². The van der Waals surface area contributed by atoms with Gasteiger partial charge in [-0.3, -0.25) is 23.5 Å². The number of halogens is 3. The standard InChI is InChI=1S/C26H33BrN2O7S.C21H31NO5.C6H4BrClO2S/c1-25(2,3)35-22(30)11-10-19-16-29(37(32,33)20-9-7-8-18(27)14-20)21-12-17(15-28-24(21)34-19)13-23(31)36-26(4,5)6;1-20(2,3)26-17(23)10-9-16-8-7-15-11-14(13-22-19(15)25-16)12-18(24)27-21(4,5)6;7-5-2-1-3-6(4-5)11(8,9)10/h7-9,12,14-15,19H,10-11,13,16H2,1-6H3;11,13,16H,7-10,12H2,1-6H3;1-4H/t19-;16-;/m01./s1. The molecule has 2 aliphatic rings. The number of anilines is 1. The molecule has 0 amide bonds. The Morgan fingerprint density at radius 3 is 1.51 bits per heavy atom. The first-order valence-electron chi connectivity index (χ1n) is 24.1. The van der Waals surface area contributed by atoms with Gasteiger partial charge in [-0.1, -0.05) is 44.0 Å². The molecule has 4 heterocycles. The molecule has 0 saturated heterocycles. The number of carbonyl (C=O) groups is 4. The predicted octanol–water partition coefficient (Wildman–Crippen LogP) is 11.0. The zero-order valence-corrected chi connectivity index (χ0v) is 50.0. The van der Waals surface area contributed by atoms with E-state index < -0.39 is 59.5 Å². The van der Waals surface area contributed by atoms with Crippen molar-refractivity contribution in [3.8, 4) is 11.8 Å². The van der Waals surface area contributed by atoms with Crippen LogP contribution < -0.4 is 13.8 Å². The Bertz CT molecular complexity index is 2890. The largest absolute Gasteiger partial charge is 0.474 e. The van der Waals surface area contributed by atoms with E-state index in [4.69, 9.17) is 39.1 Å². The third-order valence-electron chi connectivity index (χ3n) is 9.98. The zero-order valence-electron chi connectivity index (χ0n) is 44.5. The molecule has 22 heteroatoms. The summed E-state index contributed by atoms with van der Waals surface area (Å²) in [6.45, 7) is 21.7. The van der Waals surface area contributed by atoms with Crippen molar-refractivity contribution in [1.29, 1.82) is 0 Å². The van der Waals surface area contributed by atoms with Gasteiger partial charge in [-0.15, -0.1) is 0 Å². The van der Waals surface area contributed by atoms with Gasteiger partial charge in [-0.25, -0.2) is 26.8 Å². The lowest BCUT2D eigenvalue weighted by molar-refractivity contribution is -0.156. The van der Waals surface area contributed by atoms with Crippen LogP contribution in [0.1, 0.15) is 132 Å². The molecular weight excluding hydrogens is 1160 g/mol. The molecule has 0 saturated carbocycles. The SMILES string of the molecule is CC(C)(C)OC(=O)CC[C@H]1CCc2cc(CC(=O)OC(C)(C)C)cnc2O1.CC(C)(C)OC(=O)CC[C@H]1CN(S(=O)(=O)c2cccc(Br)c2)c2cc(CC(=O)OC(C)(C)C)cnc2O1.O=S(=O)(Cl)c1cccc(Br)c1. The number of nitrogens with zero attached hydrogens (tertiary/aromatic N) is 3. The molecule has 2 atom stereocenters. The number of aryl methyl sites for hydroxylation is 1. The van der Waals surface area contributed by atoms with Gasteiger partial charge in [0.15, 0.2) is 0 Å². The maximum Gasteiger partial charge on any atom is 0.310 e. The van der Waals surface area contributed by atoms with E-state index in [1.54, 1.807) is 78.1 Å². The molecule has 2 aromatic heterocycles. The number of aromatic nitrogens is 2. The number of pyridine rings is 2. The molecule has 75 heavy (non-hydrogen) atoms. The first-order chi connectivity index (χ1) is 34.4. The lowest BCUT2D eigenvalue weighted by Crippen LogP contribution is -2.44. The highest BCUT2D eigenvalue weighted by Gasteiger charge is 2.37. The summed E-state index contributed by atoms with van der Waals surface area (Å²) in [5.74, 6) is -0.643. The second-order valence-electron chi connectivity index (χ2n) is 21.7. The van der Waals surface area contributed by atoms with Crippen LogP contribution in [0.4, 0.5) is 5.69 Å². The Balaban J connectivity index is 0.000000278. The average Bonchev–Trinajstić information content (AvgIpc) is 3.25. The predicted molar refractivity (Wildman–Crippen MR) is 291 cm³/mol. The van der Waals surface area contributed by atoms with Crippen LogP contribution in [-0.4, -0.2) is 91.8 Å². The molecule has 0 aliphatic carbocycles. The minimum Gasteiger partial charge on any atom is -0.474 e. The monoisotopic (exact) mass is 1230 g/mol. The van der Waals surface area contributed by atoms with Crippen LogP contribution in [0.5, 0.6) is 11.8 Å². The van der Waals surface area contributed by atoms with Gasteiger partial charge in [0, 0.05) is 50.4 Å². The third kappa shape index (κ3) is 22.3. The highest BCUT2D eigenvalue weighted by atomic mass is 79.9. The maximum atomic E-state index is 13.7. The highest BCUT2D eigenvalue weighted by Crippen LogP contribution is 2.38. The van der Waals surface area contributed by atoms with Crippen molar-refractivity contribution < 1.29 is 64.4 Å². The fourth-order valence-corrected chi connectivity index (χ4v) is 10.6. The maximum absolute atomic E-state index is 13.7.